The van der Waals surface area contributed by atoms with Gasteiger partial charge in [0, 0.05) is 18.3 Å². The lowest BCUT2D eigenvalue weighted by molar-refractivity contribution is -0.274. The average Bonchev–Trinajstić information content (AvgIpc) is 2.90. The molecule has 27 heavy (non-hydrogen) atoms. The zero-order valence-corrected chi connectivity index (χ0v) is 15.2. The number of imidazole rings is 1. The monoisotopic (exact) mass is 399 g/mol. The molecular formula is C18H17ClF3N3O2. The van der Waals surface area contributed by atoms with E-state index in [0.29, 0.717) is 23.2 Å². The SMILES string of the molecule is CCCCCn1c(O)nc2ncc(Cl)c(-c3cccc(OC(F)(F)F)c3)c21. The minimum absolute atomic E-state index is 0.209. The van der Waals surface area contributed by atoms with Crippen LogP contribution in [0.1, 0.15) is 26.2 Å². The van der Waals surface area contributed by atoms with Crippen molar-refractivity contribution in [3.05, 3.63) is 35.5 Å². The molecular weight excluding hydrogens is 383 g/mol. The van der Waals surface area contributed by atoms with Crippen molar-refractivity contribution in [2.24, 2.45) is 0 Å². The molecule has 5 nitrogen and oxygen atoms in total. The first-order valence-corrected chi connectivity index (χ1v) is 8.78. The summed E-state index contributed by atoms with van der Waals surface area (Å²) in [4.78, 5) is 8.16. The van der Waals surface area contributed by atoms with Crippen LogP contribution < -0.4 is 4.74 Å². The highest BCUT2D eigenvalue weighted by Crippen LogP contribution is 2.38. The summed E-state index contributed by atoms with van der Waals surface area (Å²) in [5, 5.41) is 10.4. The van der Waals surface area contributed by atoms with Gasteiger partial charge in [0.25, 0.3) is 6.01 Å². The molecule has 0 saturated carbocycles. The first-order valence-electron chi connectivity index (χ1n) is 8.40. The van der Waals surface area contributed by atoms with Gasteiger partial charge in [-0.05, 0) is 24.1 Å². The summed E-state index contributed by atoms with van der Waals surface area (Å²) in [6.45, 7) is 2.55. The van der Waals surface area contributed by atoms with Gasteiger partial charge in [0.05, 0.1) is 10.5 Å². The Hall–Kier alpha value is -2.48. The Kier molecular flexibility index (Phi) is 5.46. The highest BCUT2D eigenvalue weighted by Gasteiger charge is 2.31. The van der Waals surface area contributed by atoms with Gasteiger partial charge in [0.2, 0.25) is 0 Å². The number of pyridine rings is 1. The molecule has 0 saturated heterocycles. The van der Waals surface area contributed by atoms with Crippen LogP contribution >= 0.6 is 11.6 Å². The molecule has 0 radical (unpaired) electrons. The van der Waals surface area contributed by atoms with E-state index >= 15 is 0 Å². The maximum Gasteiger partial charge on any atom is 0.573 e. The Labute approximate surface area is 158 Å². The number of aromatic hydroxyl groups is 1. The molecule has 3 aromatic rings. The van der Waals surface area contributed by atoms with E-state index < -0.39 is 6.36 Å². The lowest BCUT2D eigenvalue weighted by Crippen LogP contribution is -2.17. The van der Waals surface area contributed by atoms with Gasteiger partial charge < -0.3 is 9.84 Å². The molecule has 1 aromatic carbocycles. The Morgan fingerprint density at radius 2 is 2.04 bits per heavy atom. The number of halogens is 4. The fraction of sp³-hybridized carbons (Fsp3) is 0.333. The summed E-state index contributed by atoms with van der Waals surface area (Å²) in [5.74, 6) is -0.359. The fourth-order valence-corrected chi connectivity index (χ4v) is 3.16. The largest absolute Gasteiger partial charge is 0.573 e. The number of rotatable bonds is 6. The van der Waals surface area contributed by atoms with Crippen LogP contribution in [0.5, 0.6) is 11.8 Å². The number of aromatic nitrogens is 3. The van der Waals surface area contributed by atoms with Gasteiger partial charge in [-0.1, -0.05) is 43.5 Å². The van der Waals surface area contributed by atoms with Crippen molar-refractivity contribution in [3.8, 4) is 22.9 Å². The van der Waals surface area contributed by atoms with E-state index in [1.165, 1.54) is 24.4 Å². The zero-order chi connectivity index (χ0) is 19.6. The standard InChI is InChI=1S/C18H17ClF3N3O2/c1-2-3-4-8-25-15-14(13(19)10-23-16(15)24-17(25)26)11-6-5-7-12(9-11)27-18(20,21)22/h5-7,9-10H,2-4,8H2,1H3,(H,23,24,26). The van der Waals surface area contributed by atoms with Gasteiger partial charge in [-0.3, -0.25) is 4.57 Å². The van der Waals surface area contributed by atoms with E-state index in [-0.39, 0.29) is 22.4 Å². The van der Waals surface area contributed by atoms with E-state index in [1.54, 1.807) is 10.6 Å². The van der Waals surface area contributed by atoms with Crippen molar-refractivity contribution < 1.29 is 23.0 Å². The van der Waals surface area contributed by atoms with Crippen molar-refractivity contribution in [1.82, 2.24) is 14.5 Å². The quantitative estimate of drug-likeness (QED) is 0.552. The predicted octanol–water partition coefficient (Wildman–Crippen LogP) is 5.55. The number of fused-ring (bicyclic) bond motifs is 1. The number of hydrogen-bond donors (Lipinski definition) is 1. The van der Waals surface area contributed by atoms with E-state index in [2.05, 4.69) is 21.6 Å². The molecule has 0 fully saturated rings. The lowest BCUT2D eigenvalue weighted by atomic mass is 10.1. The van der Waals surface area contributed by atoms with Crippen LogP contribution in [0.15, 0.2) is 30.5 Å². The molecule has 0 aliphatic rings. The summed E-state index contributed by atoms with van der Waals surface area (Å²) in [6, 6.07) is 5.30. The van der Waals surface area contributed by atoms with E-state index in [9.17, 15) is 18.3 Å². The van der Waals surface area contributed by atoms with Crippen LogP contribution in [-0.2, 0) is 6.54 Å². The molecule has 9 heteroatoms. The minimum atomic E-state index is -4.80. The molecule has 0 spiro atoms. The van der Waals surface area contributed by atoms with Gasteiger partial charge in [0.1, 0.15) is 5.75 Å². The third kappa shape index (κ3) is 4.27. The first-order chi connectivity index (χ1) is 12.8. The Balaban J connectivity index is 2.13. The number of alkyl halides is 3. The summed E-state index contributed by atoms with van der Waals surface area (Å²) in [7, 11) is 0. The van der Waals surface area contributed by atoms with Crippen molar-refractivity contribution in [3.63, 3.8) is 0 Å². The first kappa shape index (κ1) is 19.3. The van der Waals surface area contributed by atoms with Gasteiger partial charge in [0.15, 0.2) is 5.65 Å². The molecule has 0 bridgehead atoms. The average molecular weight is 400 g/mol. The van der Waals surface area contributed by atoms with Gasteiger partial charge in [-0.15, -0.1) is 13.2 Å². The van der Waals surface area contributed by atoms with Crippen molar-refractivity contribution in [1.29, 1.82) is 0 Å². The molecule has 2 heterocycles. The smallest absolute Gasteiger partial charge is 0.480 e. The molecule has 2 aromatic heterocycles. The Morgan fingerprint density at radius 3 is 2.74 bits per heavy atom. The molecule has 0 aliphatic heterocycles. The summed E-state index contributed by atoms with van der Waals surface area (Å²) in [6.07, 6.45) is -0.679. The van der Waals surface area contributed by atoms with Crippen molar-refractivity contribution in [2.45, 2.75) is 39.1 Å². The van der Waals surface area contributed by atoms with Crippen LogP contribution in [0.25, 0.3) is 22.3 Å². The normalized spacial score (nSPS) is 11.9. The van der Waals surface area contributed by atoms with Gasteiger partial charge >= 0.3 is 6.36 Å². The molecule has 0 aliphatic carbocycles. The van der Waals surface area contributed by atoms with Crippen LogP contribution in [0, 0.1) is 0 Å². The van der Waals surface area contributed by atoms with Gasteiger partial charge in [-0.2, -0.15) is 4.98 Å². The third-order valence-electron chi connectivity index (χ3n) is 4.05. The van der Waals surface area contributed by atoms with Crippen LogP contribution in [0.4, 0.5) is 13.2 Å². The Bertz CT molecular complexity index is 957. The van der Waals surface area contributed by atoms with E-state index in [4.69, 9.17) is 11.6 Å². The number of hydrogen-bond acceptors (Lipinski definition) is 4. The number of benzene rings is 1. The molecule has 0 atom stereocenters. The second kappa shape index (κ2) is 7.64. The van der Waals surface area contributed by atoms with Crippen molar-refractivity contribution in [2.75, 3.05) is 0 Å². The van der Waals surface area contributed by atoms with Crippen LogP contribution in [-0.4, -0.2) is 26.0 Å². The summed E-state index contributed by atoms with van der Waals surface area (Å²) in [5.41, 5.74) is 1.59. The Morgan fingerprint density at radius 1 is 1.26 bits per heavy atom. The molecule has 3 rings (SSSR count). The van der Waals surface area contributed by atoms with E-state index in [1.807, 2.05) is 0 Å². The topological polar surface area (TPSA) is 60.2 Å². The maximum absolute atomic E-state index is 12.5. The second-order valence-corrected chi connectivity index (χ2v) is 6.41. The summed E-state index contributed by atoms with van der Waals surface area (Å²) < 4.78 is 43.2. The zero-order valence-electron chi connectivity index (χ0n) is 14.4. The number of ether oxygens (including phenoxy) is 1. The molecule has 0 unspecified atom stereocenters. The summed E-state index contributed by atoms with van der Waals surface area (Å²) >= 11 is 6.32. The van der Waals surface area contributed by atoms with E-state index in [0.717, 1.165) is 19.3 Å². The third-order valence-corrected chi connectivity index (χ3v) is 4.33. The molecule has 1 N–H and O–H groups in total. The highest BCUT2D eigenvalue weighted by atomic mass is 35.5. The van der Waals surface area contributed by atoms with Crippen LogP contribution in [0.3, 0.4) is 0 Å². The maximum atomic E-state index is 12.5. The van der Waals surface area contributed by atoms with Crippen molar-refractivity contribution >= 4 is 22.8 Å². The van der Waals surface area contributed by atoms with Crippen LogP contribution in [0.2, 0.25) is 5.02 Å². The number of nitrogens with zero attached hydrogens (tertiary/aromatic N) is 3. The second-order valence-electron chi connectivity index (χ2n) is 6.00. The molecule has 144 valence electrons. The molecule has 0 amide bonds. The predicted molar refractivity (Wildman–Crippen MR) is 95.8 cm³/mol. The highest BCUT2D eigenvalue weighted by molar-refractivity contribution is 6.34. The van der Waals surface area contributed by atoms with Gasteiger partial charge in [-0.25, -0.2) is 4.98 Å². The number of aryl methyl sites for hydroxylation is 1. The lowest BCUT2D eigenvalue weighted by Gasteiger charge is -2.13. The number of unbranched alkanes of at least 4 members (excludes halogenated alkanes) is 2. The fourth-order valence-electron chi connectivity index (χ4n) is 2.92. The minimum Gasteiger partial charge on any atom is -0.480 e.